The molecule has 1 N–H and O–H groups in total. The number of rotatable bonds is 4. The summed E-state index contributed by atoms with van der Waals surface area (Å²) in [6.45, 7) is 4.71. The lowest BCUT2D eigenvalue weighted by Crippen LogP contribution is -2.54. The van der Waals surface area contributed by atoms with Crippen molar-refractivity contribution in [3.05, 3.63) is 59.7 Å². The fourth-order valence-electron chi connectivity index (χ4n) is 3.81. The van der Waals surface area contributed by atoms with Crippen LogP contribution in [0.4, 0.5) is 4.79 Å². The molecule has 2 aromatic carbocycles. The van der Waals surface area contributed by atoms with Gasteiger partial charge >= 0.3 is 6.03 Å². The highest BCUT2D eigenvalue weighted by Gasteiger charge is 2.26. The second kappa shape index (κ2) is 8.52. The van der Waals surface area contributed by atoms with Gasteiger partial charge in [0.15, 0.2) is 0 Å². The van der Waals surface area contributed by atoms with E-state index in [-0.39, 0.29) is 12.1 Å². The molecule has 4 rings (SSSR count). The van der Waals surface area contributed by atoms with Gasteiger partial charge in [0.2, 0.25) is 0 Å². The summed E-state index contributed by atoms with van der Waals surface area (Å²) in [5, 5.41) is 3.13. The Morgan fingerprint density at radius 2 is 1.93 bits per heavy atom. The Balaban J connectivity index is 1.27. The standard InChI is InChI=1S/C22H27N3O3/c1-27-20-7-8-21-18(14-20)13-19(16-28-21)23-22(26)25-11-9-24(10-12-25)15-17-5-3-2-4-6-17/h2-8,14,19H,9-13,15-16H2,1H3,(H,23,26). The van der Waals surface area contributed by atoms with Crippen LogP contribution in [0.5, 0.6) is 11.5 Å². The van der Waals surface area contributed by atoms with Crippen molar-refractivity contribution in [2.75, 3.05) is 39.9 Å². The molecule has 2 aliphatic rings. The highest BCUT2D eigenvalue weighted by atomic mass is 16.5. The van der Waals surface area contributed by atoms with Gasteiger partial charge < -0.3 is 19.7 Å². The molecule has 6 heteroatoms. The average molecular weight is 381 g/mol. The summed E-state index contributed by atoms with van der Waals surface area (Å²) in [7, 11) is 1.65. The molecular formula is C22H27N3O3. The van der Waals surface area contributed by atoms with Gasteiger partial charge in [0.25, 0.3) is 0 Å². The number of benzene rings is 2. The topological polar surface area (TPSA) is 54.0 Å². The van der Waals surface area contributed by atoms with Crippen LogP contribution in [0.1, 0.15) is 11.1 Å². The molecule has 2 amide bonds. The SMILES string of the molecule is COc1ccc2c(c1)CC(NC(=O)N1CCN(Cc3ccccc3)CC1)CO2. The van der Waals surface area contributed by atoms with Crippen LogP contribution in [0.15, 0.2) is 48.5 Å². The summed E-state index contributed by atoms with van der Waals surface area (Å²) in [6, 6.07) is 16.3. The Bertz CT molecular complexity index is 804. The van der Waals surface area contributed by atoms with Gasteiger partial charge in [-0.05, 0) is 35.7 Å². The van der Waals surface area contributed by atoms with Crippen molar-refractivity contribution in [1.29, 1.82) is 0 Å². The third-order valence-electron chi connectivity index (χ3n) is 5.41. The summed E-state index contributed by atoms with van der Waals surface area (Å²) < 4.78 is 11.1. The van der Waals surface area contributed by atoms with Crippen LogP contribution in [0, 0.1) is 0 Å². The maximum atomic E-state index is 12.7. The van der Waals surface area contributed by atoms with Crippen molar-refractivity contribution in [1.82, 2.24) is 15.1 Å². The molecule has 0 aliphatic carbocycles. The maximum absolute atomic E-state index is 12.7. The lowest BCUT2D eigenvalue weighted by atomic mass is 10.0. The summed E-state index contributed by atoms with van der Waals surface area (Å²) in [4.78, 5) is 17.0. The van der Waals surface area contributed by atoms with E-state index in [1.807, 2.05) is 29.2 Å². The van der Waals surface area contributed by atoms with Crippen LogP contribution in [-0.2, 0) is 13.0 Å². The monoisotopic (exact) mass is 381 g/mol. The first-order valence-corrected chi connectivity index (χ1v) is 9.83. The molecule has 0 radical (unpaired) electrons. The molecule has 2 aromatic rings. The van der Waals surface area contributed by atoms with Crippen LogP contribution < -0.4 is 14.8 Å². The minimum absolute atomic E-state index is 0.000641. The number of hydrogen-bond acceptors (Lipinski definition) is 4. The van der Waals surface area contributed by atoms with Crippen LogP contribution in [0.2, 0.25) is 0 Å². The van der Waals surface area contributed by atoms with Crippen LogP contribution in [0.25, 0.3) is 0 Å². The van der Waals surface area contributed by atoms with Gasteiger partial charge in [-0.25, -0.2) is 4.79 Å². The van der Waals surface area contributed by atoms with Gasteiger partial charge in [-0.2, -0.15) is 0 Å². The predicted molar refractivity (Wildman–Crippen MR) is 108 cm³/mol. The van der Waals surface area contributed by atoms with E-state index in [9.17, 15) is 4.79 Å². The molecule has 28 heavy (non-hydrogen) atoms. The number of nitrogens with one attached hydrogen (secondary N) is 1. The first-order chi connectivity index (χ1) is 13.7. The highest BCUT2D eigenvalue weighted by molar-refractivity contribution is 5.74. The van der Waals surface area contributed by atoms with Gasteiger partial charge in [-0.1, -0.05) is 30.3 Å². The van der Waals surface area contributed by atoms with E-state index in [2.05, 4.69) is 34.5 Å². The summed E-state index contributed by atoms with van der Waals surface area (Å²) >= 11 is 0. The Hall–Kier alpha value is -2.73. The minimum atomic E-state index is -0.0190. The zero-order valence-corrected chi connectivity index (χ0v) is 16.3. The number of fused-ring (bicyclic) bond motifs is 1. The molecule has 148 valence electrons. The number of carbonyl (C=O) groups is 1. The van der Waals surface area contributed by atoms with E-state index in [0.29, 0.717) is 6.61 Å². The summed E-state index contributed by atoms with van der Waals surface area (Å²) in [6.07, 6.45) is 0.756. The molecule has 1 fully saturated rings. The van der Waals surface area contributed by atoms with E-state index in [0.717, 1.165) is 56.2 Å². The van der Waals surface area contributed by atoms with Gasteiger partial charge in [-0.3, -0.25) is 4.90 Å². The quantitative estimate of drug-likeness (QED) is 0.884. The lowest BCUT2D eigenvalue weighted by Gasteiger charge is -2.36. The smallest absolute Gasteiger partial charge is 0.317 e. The number of ether oxygens (including phenoxy) is 2. The summed E-state index contributed by atoms with van der Waals surface area (Å²) in [5.74, 6) is 1.68. The van der Waals surface area contributed by atoms with Crippen LogP contribution in [0.3, 0.4) is 0 Å². The Morgan fingerprint density at radius 3 is 2.68 bits per heavy atom. The average Bonchev–Trinajstić information content (AvgIpc) is 2.74. The molecule has 1 saturated heterocycles. The second-order valence-electron chi connectivity index (χ2n) is 7.38. The fourth-order valence-corrected chi connectivity index (χ4v) is 3.81. The Labute approximate surface area is 166 Å². The van der Waals surface area contributed by atoms with Crippen molar-refractivity contribution in [3.63, 3.8) is 0 Å². The molecule has 2 aliphatic heterocycles. The van der Waals surface area contributed by atoms with Crippen LogP contribution in [-0.4, -0.2) is 61.8 Å². The van der Waals surface area contributed by atoms with E-state index < -0.39 is 0 Å². The third-order valence-corrected chi connectivity index (χ3v) is 5.41. The summed E-state index contributed by atoms with van der Waals surface area (Å²) in [5.41, 5.74) is 2.39. The maximum Gasteiger partial charge on any atom is 0.317 e. The first kappa shape index (κ1) is 18.6. The van der Waals surface area contributed by atoms with Crippen molar-refractivity contribution in [3.8, 4) is 11.5 Å². The van der Waals surface area contributed by atoms with Gasteiger partial charge in [0.05, 0.1) is 13.2 Å². The fraction of sp³-hybridized carbons (Fsp3) is 0.409. The molecule has 0 saturated carbocycles. The van der Waals surface area contributed by atoms with Crippen molar-refractivity contribution >= 4 is 6.03 Å². The highest BCUT2D eigenvalue weighted by Crippen LogP contribution is 2.28. The number of carbonyl (C=O) groups excluding carboxylic acids is 1. The molecule has 6 nitrogen and oxygen atoms in total. The minimum Gasteiger partial charge on any atom is -0.497 e. The number of urea groups is 1. The van der Waals surface area contributed by atoms with E-state index in [1.54, 1.807) is 7.11 Å². The molecule has 0 spiro atoms. The first-order valence-electron chi connectivity index (χ1n) is 9.83. The van der Waals surface area contributed by atoms with Crippen molar-refractivity contribution in [2.24, 2.45) is 0 Å². The lowest BCUT2D eigenvalue weighted by molar-refractivity contribution is 0.129. The number of nitrogens with zero attached hydrogens (tertiary/aromatic N) is 2. The van der Waals surface area contributed by atoms with Gasteiger partial charge in [0, 0.05) is 32.7 Å². The number of methoxy groups -OCH3 is 1. The molecule has 1 unspecified atom stereocenters. The zero-order valence-electron chi connectivity index (χ0n) is 16.3. The Morgan fingerprint density at radius 1 is 1.14 bits per heavy atom. The molecule has 2 heterocycles. The molecule has 0 bridgehead atoms. The molecule has 0 aromatic heterocycles. The predicted octanol–water partition coefficient (Wildman–Crippen LogP) is 2.53. The number of piperazine rings is 1. The number of hydrogen-bond donors (Lipinski definition) is 1. The molecule has 1 atom stereocenters. The second-order valence-corrected chi connectivity index (χ2v) is 7.38. The van der Waals surface area contributed by atoms with E-state index in [4.69, 9.17) is 9.47 Å². The third kappa shape index (κ3) is 4.39. The Kier molecular flexibility index (Phi) is 5.67. The van der Waals surface area contributed by atoms with Gasteiger partial charge in [0.1, 0.15) is 18.1 Å². The van der Waals surface area contributed by atoms with Gasteiger partial charge in [-0.15, -0.1) is 0 Å². The largest absolute Gasteiger partial charge is 0.497 e. The normalized spacial score (nSPS) is 19.5. The van der Waals surface area contributed by atoms with Crippen molar-refractivity contribution < 1.29 is 14.3 Å². The van der Waals surface area contributed by atoms with E-state index in [1.165, 1.54) is 5.56 Å². The number of amides is 2. The van der Waals surface area contributed by atoms with E-state index >= 15 is 0 Å². The molecular weight excluding hydrogens is 354 g/mol. The van der Waals surface area contributed by atoms with Crippen LogP contribution >= 0.6 is 0 Å². The van der Waals surface area contributed by atoms with Crippen molar-refractivity contribution in [2.45, 2.75) is 19.0 Å². The zero-order chi connectivity index (χ0) is 19.3.